The standard InChI is InChI=1S/C18H19N3O3S/c1-25(22,23)15-3-2-14-12-20-18(16(14)11-15)13-4-5-19-17(10-13)21-6-8-24-9-7-21/h2-5,10-11H,6-9,12H2,1H3. The molecule has 0 saturated carbocycles. The first kappa shape index (κ1) is 16.2. The molecule has 2 aliphatic rings. The Balaban J connectivity index is 1.71. The van der Waals surface area contributed by atoms with Gasteiger partial charge in [-0.3, -0.25) is 4.99 Å². The molecule has 1 fully saturated rings. The number of anilines is 1. The number of nitrogens with zero attached hydrogens (tertiary/aromatic N) is 3. The van der Waals surface area contributed by atoms with Gasteiger partial charge < -0.3 is 9.64 Å². The lowest BCUT2D eigenvalue weighted by atomic mass is 10.0. The van der Waals surface area contributed by atoms with Gasteiger partial charge in [0, 0.05) is 36.7 Å². The quantitative estimate of drug-likeness (QED) is 0.836. The summed E-state index contributed by atoms with van der Waals surface area (Å²) < 4.78 is 29.1. The van der Waals surface area contributed by atoms with Crippen LogP contribution in [-0.2, 0) is 21.1 Å². The fourth-order valence-electron chi connectivity index (χ4n) is 3.17. The number of morpholine rings is 1. The molecule has 0 N–H and O–H groups in total. The van der Waals surface area contributed by atoms with Gasteiger partial charge in [-0.15, -0.1) is 0 Å². The Bertz CT molecular complexity index is 948. The number of aromatic nitrogens is 1. The van der Waals surface area contributed by atoms with Gasteiger partial charge in [-0.2, -0.15) is 0 Å². The predicted molar refractivity (Wildman–Crippen MR) is 96.2 cm³/mol. The van der Waals surface area contributed by atoms with E-state index in [1.165, 1.54) is 6.26 Å². The summed E-state index contributed by atoms with van der Waals surface area (Å²) in [4.78, 5) is 11.6. The molecular formula is C18H19N3O3S. The summed E-state index contributed by atoms with van der Waals surface area (Å²) in [7, 11) is -3.24. The summed E-state index contributed by atoms with van der Waals surface area (Å²) in [6.07, 6.45) is 3.00. The van der Waals surface area contributed by atoms with E-state index in [-0.39, 0.29) is 0 Å². The van der Waals surface area contributed by atoms with Crippen molar-refractivity contribution < 1.29 is 13.2 Å². The second kappa shape index (κ2) is 6.24. The molecule has 2 aromatic rings. The maximum atomic E-state index is 11.9. The van der Waals surface area contributed by atoms with Gasteiger partial charge in [0.1, 0.15) is 5.82 Å². The SMILES string of the molecule is CS(=O)(=O)c1ccc2c(c1)C(c1ccnc(N3CCOCC3)c1)=NC2. The summed E-state index contributed by atoms with van der Waals surface area (Å²) in [5.41, 5.74) is 3.73. The predicted octanol–water partition coefficient (Wildman–Crippen LogP) is 1.67. The summed E-state index contributed by atoms with van der Waals surface area (Å²) in [6, 6.07) is 9.17. The van der Waals surface area contributed by atoms with Crippen molar-refractivity contribution in [3.63, 3.8) is 0 Å². The maximum absolute atomic E-state index is 11.9. The molecule has 7 heteroatoms. The number of rotatable bonds is 3. The van der Waals surface area contributed by atoms with Crippen LogP contribution in [0.3, 0.4) is 0 Å². The molecule has 0 amide bonds. The first-order chi connectivity index (χ1) is 12.0. The smallest absolute Gasteiger partial charge is 0.175 e. The first-order valence-corrected chi connectivity index (χ1v) is 10.1. The minimum Gasteiger partial charge on any atom is -0.378 e. The van der Waals surface area contributed by atoms with E-state index in [0.29, 0.717) is 24.7 Å². The van der Waals surface area contributed by atoms with Crippen LogP contribution < -0.4 is 4.90 Å². The van der Waals surface area contributed by atoms with Crippen molar-refractivity contribution >= 4 is 21.4 Å². The van der Waals surface area contributed by atoms with Gasteiger partial charge in [0.05, 0.1) is 30.4 Å². The topological polar surface area (TPSA) is 71.9 Å². The number of aliphatic imine (C=N–C) groups is 1. The van der Waals surface area contributed by atoms with Gasteiger partial charge in [-0.25, -0.2) is 13.4 Å². The molecule has 0 spiro atoms. The second-order valence-electron chi connectivity index (χ2n) is 6.26. The molecule has 4 rings (SSSR count). The van der Waals surface area contributed by atoms with E-state index in [0.717, 1.165) is 41.3 Å². The number of hydrogen-bond donors (Lipinski definition) is 0. The average molecular weight is 357 g/mol. The Kier molecular flexibility index (Phi) is 4.05. The zero-order valence-corrected chi connectivity index (χ0v) is 14.8. The maximum Gasteiger partial charge on any atom is 0.175 e. The molecule has 1 aromatic heterocycles. The Labute approximate surface area is 147 Å². The van der Waals surface area contributed by atoms with E-state index >= 15 is 0 Å². The fraction of sp³-hybridized carbons (Fsp3) is 0.333. The lowest BCUT2D eigenvalue weighted by Gasteiger charge is -2.28. The minimum atomic E-state index is -3.24. The Morgan fingerprint density at radius 2 is 1.92 bits per heavy atom. The van der Waals surface area contributed by atoms with E-state index in [2.05, 4.69) is 14.9 Å². The van der Waals surface area contributed by atoms with Crippen LogP contribution in [0.1, 0.15) is 16.7 Å². The van der Waals surface area contributed by atoms with Crippen LogP contribution in [0.15, 0.2) is 46.4 Å². The molecule has 1 aromatic carbocycles. The lowest BCUT2D eigenvalue weighted by Crippen LogP contribution is -2.36. The van der Waals surface area contributed by atoms with Gasteiger partial charge in [0.25, 0.3) is 0 Å². The van der Waals surface area contributed by atoms with Crippen LogP contribution in [0.25, 0.3) is 0 Å². The first-order valence-electron chi connectivity index (χ1n) is 8.19. The van der Waals surface area contributed by atoms with Crippen molar-refractivity contribution in [2.24, 2.45) is 4.99 Å². The Morgan fingerprint density at radius 3 is 2.68 bits per heavy atom. The van der Waals surface area contributed by atoms with Crippen molar-refractivity contribution in [1.82, 2.24) is 4.98 Å². The molecule has 130 valence electrons. The molecule has 0 aliphatic carbocycles. The zero-order valence-electron chi connectivity index (χ0n) is 14.0. The number of benzene rings is 1. The van der Waals surface area contributed by atoms with Crippen LogP contribution in [0.4, 0.5) is 5.82 Å². The van der Waals surface area contributed by atoms with Crippen molar-refractivity contribution in [3.05, 3.63) is 53.2 Å². The van der Waals surface area contributed by atoms with Crippen LogP contribution >= 0.6 is 0 Å². The molecule has 0 bridgehead atoms. The number of pyridine rings is 1. The van der Waals surface area contributed by atoms with Gasteiger partial charge >= 0.3 is 0 Å². The zero-order chi connectivity index (χ0) is 17.4. The van der Waals surface area contributed by atoms with Gasteiger partial charge in [-0.05, 0) is 29.8 Å². The van der Waals surface area contributed by atoms with E-state index in [1.807, 2.05) is 18.2 Å². The highest BCUT2D eigenvalue weighted by Crippen LogP contribution is 2.27. The van der Waals surface area contributed by atoms with Crippen LogP contribution in [0.2, 0.25) is 0 Å². The fourth-order valence-corrected chi connectivity index (χ4v) is 3.82. The monoisotopic (exact) mass is 357 g/mol. The second-order valence-corrected chi connectivity index (χ2v) is 8.27. The van der Waals surface area contributed by atoms with Crippen LogP contribution in [0, 0.1) is 0 Å². The summed E-state index contributed by atoms with van der Waals surface area (Å²) in [5.74, 6) is 0.899. The Hall–Kier alpha value is -2.25. The minimum absolute atomic E-state index is 0.323. The third-order valence-corrected chi connectivity index (χ3v) is 5.64. The highest BCUT2D eigenvalue weighted by atomic mass is 32.2. The summed E-state index contributed by atoms with van der Waals surface area (Å²) >= 11 is 0. The summed E-state index contributed by atoms with van der Waals surface area (Å²) in [6.45, 7) is 3.61. The third-order valence-electron chi connectivity index (χ3n) is 4.53. The molecule has 1 saturated heterocycles. The molecule has 0 unspecified atom stereocenters. The van der Waals surface area contributed by atoms with Crippen molar-refractivity contribution in [1.29, 1.82) is 0 Å². The molecular weight excluding hydrogens is 338 g/mol. The van der Waals surface area contributed by atoms with E-state index in [1.54, 1.807) is 18.3 Å². The number of hydrogen-bond acceptors (Lipinski definition) is 6. The average Bonchev–Trinajstić information content (AvgIpc) is 3.05. The van der Waals surface area contributed by atoms with Crippen molar-refractivity contribution in [2.45, 2.75) is 11.4 Å². The third kappa shape index (κ3) is 3.17. The largest absolute Gasteiger partial charge is 0.378 e. The van der Waals surface area contributed by atoms with E-state index in [9.17, 15) is 8.42 Å². The van der Waals surface area contributed by atoms with E-state index in [4.69, 9.17) is 4.74 Å². The molecule has 6 nitrogen and oxygen atoms in total. The molecule has 3 heterocycles. The molecule has 0 atom stereocenters. The van der Waals surface area contributed by atoms with Crippen LogP contribution in [-0.4, -0.2) is 51.7 Å². The highest BCUT2D eigenvalue weighted by molar-refractivity contribution is 7.90. The lowest BCUT2D eigenvalue weighted by molar-refractivity contribution is 0.122. The highest BCUT2D eigenvalue weighted by Gasteiger charge is 2.21. The van der Waals surface area contributed by atoms with Crippen LogP contribution in [0.5, 0.6) is 0 Å². The number of ether oxygens (including phenoxy) is 1. The van der Waals surface area contributed by atoms with Crippen molar-refractivity contribution in [2.75, 3.05) is 37.5 Å². The molecule has 25 heavy (non-hydrogen) atoms. The molecule has 0 radical (unpaired) electrons. The van der Waals surface area contributed by atoms with Crippen molar-refractivity contribution in [3.8, 4) is 0 Å². The van der Waals surface area contributed by atoms with E-state index < -0.39 is 9.84 Å². The summed E-state index contributed by atoms with van der Waals surface area (Å²) in [5, 5.41) is 0. The number of sulfone groups is 1. The van der Waals surface area contributed by atoms with Gasteiger partial charge in [0.2, 0.25) is 0 Å². The van der Waals surface area contributed by atoms with Gasteiger partial charge in [0.15, 0.2) is 9.84 Å². The Morgan fingerprint density at radius 1 is 1.12 bits per heavy atom. The molecule has 2 aliphatic heterocycles. The number of fused-ring (bicyclic) bond motifs is 1. The normalized spacial score (nSPS) is 17.3. The van der Waals surface area contributed by atoms with Gasteiger partial charge in [-0.1, -0.05) is 6.07 Å².